The molecule has 3 aromatic heterocycles. The molecule has 4 aromatic rings. The predicted molar refractivity (Wildman–Crippen MR) is 135 cm³/mol. The Hall–Kier alpha value is -3.59. The minimum absolute atomic E-state index is 0.105. The van der Waals surface area contributed by atoms with Gasteiger partial charge in [-0.2, -0.15) is 4.98 Å². The fourth-order valence-electron chi connectivity index (χ4n) is 5.05. The van der Waals surface area contributed by atoms with Gasteiger partial charge in [0.2, 0.25) is 5.88 Å². The van der Waals surface area contributed by atoms with Crippen LogP contribution in [-0.4, -0.2) is 43.7 Å². The zero-order valence-corrected chi connectivity index (χ0v) is 20.7. The van der Waals surface area contributed by atoms with Gasteiger partial charge in [0.1, 0.15) is 40.6 Å². The van der Waals surface area contributed by atoms with Crippen LogP contribution in [-0.2, 0) is 13.0 Å². The summed E-state index contributed by atoms with van der Waals surface area (Å²) in [4.78, 5) is 33.7. The fraction of sp³-hybridized carbons (Fsp3) is 0.346. The number of anilines is 1. The Morgan fingerprint density at radius 2 is 1.94 bits per heavy atom. The van der Waals surface area contributed by atoms with E-state index in [2.05, 4.69) is 14.9 Å². The van der Waals surface area contributed by atoms with E-state index in [4.69, 9.17) is 26.3 Å². The summed E-state index contributed by atoms with van der Waals surface area (Å²) in [6, 6.07) is 8.05. The van der Waals surface area contributed by atoms with Gasteiger partial charge in [-0.15, -0.1) is 0 Å². The largest absolute Gasteiger partial charge is 0.472 e. The Balaban J connectivity index is 1.41. The van der Waals surface area contributed by atoms with Crippen molar-refractivity contribution in [2.24, 2.45) is 0 Å². The highest BCUT2D eigenvalue weighted by molar-refractivity contribution is 6.30. The summed E-state index contributed by atoms with van der Waals surface area (Å²) in [6.45, 7) is 5.61. The quantitative estimate of drug-likeness (QED) is 0.408. The van der Waals surface area contributed by atoms with Crippen LogP contribution >= 0.6 is 11.6 Å². The number of aromatic nitrogens is 5. The topological polar surface area (TPSA) is 86.0 Å². The van der Waals surface area contributed by atoms with Gasteiger partial charge in [0.05, 0.1) is 11.9 Å². The third-order valence-electron chi connectivity index (χ3n) is 6.67. The van der Waals surface area contributed by atoms with Crippen LogP contribution in [0.5, 0.6) is 5.88 Å². The molecule has 1 unspecified atom stereocenters. The average molecular weight is 507 g/mol. The van der Waals surface area contributed by atoms with Crippen LogP contribution < -0.4 is 15.2 Å². The molecule has 0 radical (unpaired) electrons. The second-order valence-electron chi connectivity index (χ2n) is 9.31. The normalized spacial score (nSPS) is 17.1. The van der Waals surface area contributed by atoms with E-state index in [1.165, 1.54) is 6.07 Å². The van der Waals surface area contributed by atoms with Crippen molar-refractivity contribution in [3.8, 4) is 17.1 Å². The van der Waals surface area contributed by atoms with Gasteiger partial charge in [-0.1, -0.05) is 11.6 Å². The van der Waals surface area contributed by atoms with Gasteiger partial charge in [-0.25, -0.2) is 19.3 Å². The maximum absolute atomic E-state index is 15.0. The van der Waals surface area contributed by atoms with Crippen molar-refractivity contribution in [1.82, 2.24) is 24.5 Å². The van der Waals surface area contributed by atoms with Crippen LogP contribution in [0.1, 0.15) is 30.2 Å². The lowest BCUT2D eigenvalue weighted by molar-refractivity contribution is 0.215. The Bertz CT molecular complexity index is 1550. The van der Waals surface area contributed by atoms with Crippen molar-refractivity contribution in [3.63, 3.8) is 0 Å². The first-order chi connectivity index (χ1) is 17.4. The molecule has 0 N–H and O–H groups in total. The van der Waals surface area contributed by atoms with E-state index in [0.717, 1.165) is 18.5 Å². The first kappa shape index (κ1) is 22.8. The van der Waals surface area contributed by atoms with E-state index < -0.39 is 5.82 Å². The number of rotatable bonds is 4. The van der Waals surface area contributed by atoms with Crippen LogP contribution in [0.15, 0.2) is 35.1 Å². The van der Waals surface area contributed by atoms with Crippen molar-refractivity contribution in [3.05, 3.63) is 68.9 Å². The summed E-state index contributed by atoms with van der Waals surface area (Å²) >= 11 is 6.00. The molecule has 10 heteroatoms. The zero-order valence-electron chi connectivity index (χ0n) is 20.0. The molecule has 6 rings (SSSR count). The minimum atomic E-state index is -0.506. The summed E-state index contributed by atoms with van der Waals surface area (Å²) in [5.41, 5.74) is 1.75. The van der Waals surface area contributed by atoms with Gasteiger partial charge < -0.3 is 9.64 Å². The molecule has 5 heterocycles. The van der Waals surface area contributed by atoms with Crippen LogP contribution in [0.2, 0.25) is 5.02 Å². The highest BCUT2D eigenvalue weighted by Crippen LogP contribution is 2.33. The predicted octanol–water partition coefficient (Wildman–Crippen LogP) is 4.26. The molecule has 0 aliphatic carbocycles. The van der Waals surface area contributed by atoms with Gasteiger partial charge in [-0.3, -0.25) is 9.36 Å². The molecule has 1 fully saturated rings. The Labute approximate surface area is 211 Å². The van der Waals surface area contributed by atoms with E-state index in [1.54, 1.807) is 22.8 Å². The van der Waals surface area contributed by atoms with Crippen molar-refractivity contribution in [2.45, 2.75) is 45.8 Å². The van der Waals surface area contributed by atoms with E-state index in [0.29, 0.717) is 71.0 Å². The Morgan fingerprint density at radius 3 is 2.75 bits per heavy atom. The number of nitrogens with zero attached hydrogens (tertiary/aromatic N) is 6. The second kappa shape index (κ2) is 8.81. The number of pyridine rings is 1. The van der Waals surface area contributed by atoms with E-state index in [1.807, 2.05) is 19.9 Å². The number of hydrogen-bond acceptors (Lipinski definition) is 7. The molecule has 0 bridgehead atoms. The maximum atomic E-state index is 15.0. The van der Waals surface area contributed by atoms with Gasteiger partial charge in [-0.05, 0) is 44.5 Å². The van der Waals surface area contributed by atoms with Crippen molar-refractivity contribution in [1.29, 1.82) is 0 Å². The molecule has 8 nitrogen and oxygen atoms in total. The van der Waals surface area contributed by atoms with E-state index >= 15 is 4.39 Å². The molecular formula is C26H24ClFN6O2. The monoisotopic (exact) mass is 506 g/mol. The third-order valence-corrected chi connectivity index (χ3v) is 6.91. The molecule has 1 saturated heterocycles. The molecule has 1 aromatic carbocycles. The molecular weight excluding hydrogens is 483 g/mol. The molecule has 0 saturated carbocycles. The number of halogens is 2. The van der Waals surface area contributed by atoms with Crippen LogP contribution in [0.25, 0.3) is 22.2 Å². The lowest BCUT2D eigenvalue weighted by Gasteiger charge is -2.20. The fourth-order valence-corrected chi connectivity index (χ4v) is 5.21. The molecule has 184 valence electrons. The number of ether oxygens (including phenoxy) is 1. The first-order valence-corrected chi connectivity index (χ1v) is 12.4. The van der Waals surface area contributed by atoms with Gasteiger partial charge >= 0.3 is 0 Å². The minimum Gasteiger partial charge on any atom is -0.472 e. The highest BCUT2D eigenvalue weighted by atomic mass is 35.5. The summed E-state index contributed by atoms with van der Waals surface area (Å²) < 4.78 is 22.9. The van der Waals surface area contributed by atoms with Crippen molar-refractivity contribution in [2.75, 3.05) is 18.0 Å². The molecule has 2 aliphatic heterocycles. The number of aryl methyl sites for hydroxylation is 3. The number of fused-ring (bicyclic) bond motifs is 2. The lowest BCUT2D eigenvalue weighted by atomic mass is 10.1. The molecule has 36 heavy (non-hydrogen) atoms. The first-order valence-electron chi connectivity index (χ1n) is 12.0. The smallest absolute Gasteiger partial charge is 0.261 e. The summed E-state index contributed by atoms with van der Waals surface area (Å²) in [6.07, 6.45) is 2.22. The zero-order chi connectivity index (χ0) is 25.0. The van der Waals surface area contributed by atoms with Crippen molar-refractivity contribution < 1.29 is 9.13 Å². The van der Waals surface area contributed by atoms with E-state index in [-0.39, 0.29) is 17.2 Å². The van der Waals surface area contributed by atoms with Crippen molar-refractivity contribution >= 4 is 28.3 Å². The van der Waals surface area contributed by atoms with Gasteiger partial charge in [0.25, 0.3) is 5.56 Å². The molecule has 0 amide bonds. The summed E-state index contributed by atoms with van der Waals surface area (Å²) in [5, 5.41) is 0.724. The Morgan fingerprint density at radius 1 is 1.08 bits per heavy atom. The maximum Gasteiger partial charge on any atom is 0.261 e. The molecule has 1 atom stereocenters. The second-order valence-corrected chi connectivity index (χ2v) is 9.74. The van der Waals surface area contributed by atoms with Crippen LogP contribution in [0.4, 0.5) is 10.2 Å². The number of benzene rings is 1. The van der Waals surface area contributed by atoms with Crippen LogP contribution in [0.3, 0.4) is 0 Å². The standard InChI is InChI=1S/C26H24ClFN6O2/c1-14-10-23(30-15(2)29-14)36-17-7-9-33(13-17)22-12-19-25(31-21-4-3-8-34(21)26(19)35)24(32-22)18-6-5-16(27)11-20(18)28/h5-6,10-12,17H,3-4,7-9,13H2,1-2H3. The summed E-state index contributed by atoms with van der Waals surface area (Å²) in [5.74, 6) is 1.99. The third kappa shape index (κ3) is 4.07. The van der Waals surface area contributed by atoms with Gasteiger partial charge in [0.15, 0.2) is 0 Å². The number of hydrogen-bond donors (Lipinski definition) is 0. The highest BCUT2D eigenvalue weighted by Gasteiger charge is 2.28. The molecule has 2 aliphatic rings. The van der Waals surface area contributed by atoms with Gasteiger partial charge in [0, 0.05) is 48.3 Å². The van der Waals surface area contributed by atoms with E-state index in [9.17, 15) is 4.79 Å². The molecule has 0 spiro atoms. The SMILES string of the molecule is Cc1cc(OC2CCN(c3cc4c(=O)n5c(nc4c(-c4ccc(Cl)cc4F)n3)CCC5)C2)nc(C)n1. The lowest BCUT2D eigenvalue weighted by Crippen LogP contribution is -2.27. The average Bonchev–Trinajstić information content (AvgIpc) is 3.48. The Kier molecular flexibility index (Phi) is 5.59. The summed E-state index contributed by atoms with van der Waals surface area (Å²) in [7, 11) is 0. The van der Waals surface area contributed by atoms with Crippen LogP contribution in [0, 0.1) is 19.7 Å².